The maximum Gasteiger partial charge on any atom is 0.588 e. The first-order chi connectivity index (χ1) is 5.33. The van der Waals surface area contributed by atoms with Crippen molar-refractivity contribution in [3.63, 3.8) is 0 Å². The predicted octanol–water partition coefficient (Wildman–Crippen LogP) is 2.95. The van der Waals surface area contributed by atoms with Crippen LogP contribution >= 0.6 is 8.03 Å². The molecule has 0 aromatic heterocycles. The van der Waals surface area contributed by atoms with Gasteiger partial charge < -0.3 is 0 Å². The summed E-state index contributed by atoms with van der Waals surface area (Å²) in [7, 11) is -1.74. The van der Waals surface area contributed by atoms with Crippen LogP contribution in [-0.4, -0.2) is 0 Å². The van der Waals surface area contributed by atoms with Crippen LogP contribution in [-0.2, 0) is 4.57 Å². The number of rotatable bonds is 3. The van der Waals surface area contributed by atoms with Gasteiger partial charge in [0.05, 0.1) is 0 Å². The van der Waals surface area contributed by atoms with Gasteiger partial charge in [0, 0.05) is 0 Å². The SMILES string of the molecule is C=C[P+](=O)Oc1ccccc1. The van der Waals surface area contributed by atoms with E-state index in [1.807, 2.05) is 18.2 Å². The molecule has 3 heteroatoms. The fraction of sp³-hybridized carbons (Fsp3) is 0. The molecule has 0 fully saturated rings. The molecule has 1 aromatic rings. The summed E-state index contributed by atoms with van der Waals surface area (Å²) >= 11 is 0. The van der Waals surface area contributed by atoms with E-state index in [4.69, 9.17) is 4.52 Å². The highest BCUT2D eigenvalue weighted by Gasteiger charge is 2.11. The number of hydrogen-bond donors (Lipinski definition) is 0. The zero-order valence-corrected chi connectivity index (χ0v) is 6.83. The molecule has 0 bridgehead atoms. The topological polar surface area (TPSA) is 26.3 Å². The van der Waals surface area contributed by atoms with Crippen LogP contribution < -0.4 is 4.52 Å². The van der Waals surface area contributed by atoms with Crippen molar-refractivity contribution in [1.29, 1.82) is 0 Å². The normalized spacial score (nSPS) is 10.4. The van der Waals surface area contributed by atoms with Crippen molar-refractivity contribution in [3.8, 4) is 5.75 Å². The zero-order chi connectivity index (χ0) is 8.10. The molecule has 1 rings (SSSR count). The smallest absolute Gasteiger partial charge is 0.251 e. The van der Waals surface area contributed by atoms with E-state index in [-0.39, 0.29) is 0 Å². The minimum atomic E-state index is -1.74. The fourth-order valence-electron chi connectivity index (χ4n) is 0.623. The van der Waals surface area contributed by atoms with Gasteiger partial charge in [0.25, 0.3) is 0 Å². The Morgan fingerprint density at radius 3 is 2.55 bits per heavy atom. The van der Waals surface area contributed by atoms with E-state index in [2.05, 4.69) is 6.58 Å². The van der Waals surface area contributed by atoms with Gasteiger partial charge >= 0.3 is 8.03 Å². The van der Waals surface area contributed by atoms with Crippen molar-refractivity contribution in [3.05, 3.63) is 42.7 Å². The summed E-state index contributed by atoms with van der Waals surface area (Å²) in [6, 6.07) is 9.00. The first-order valence-electron chi connectivity index (χ1n) is 3.15. The second-order valence-electron chi connectivity index (χ2n) is 1.87. The largest absolute Gasteiger partial charge is 0.588 e. The Labute approximate surface area is 66.4 Å². The van der Waals surface area contributed by atoms with Crippen LogP contribution in [0.4, 0.5) is 0 Å². The lowest BCUT2D eigenvalue weighted by atomic mass is 10.3. The van der Waals surface area contributed by atoms with Gasteiger partial charge in [-0.25, -0.2) is 0 Å². The van der Waals surface area contributed by atoms with Crippen LogP contribution in [0, 0.1) is 0 Å². The van der Waals surface area contributed by atoms with Gasteiger partial charge in [-0.15, -0.1) is 0 Å². The molecule has 0 heterocycles. The lowest BCUT2D eigenvalue weighted by Gasteiger charge is -1.87. The van der Waals surface area contributed by atoms with E-state index in [1.165, 1.54) is 5.82 Å². The van der Waals surface area contributed by atoms with E-state index >= 15 is 0 Å². The second-order valence-corrected chi connectivity index (χ2v) is 2.99. The molecule has 0 radical (unpaired) electrons. The second kappa shape index (κ2) is 3.89. The minimum Gasteiger partial charge on any atom is -0.251 e. The van der Waals surface area contributed by atoms with E-state index in [0.717, 1.165) is 0 Å². The number of benzene rings is 1. The third kappa shape index (κ3) is 2.52. The van der Waals surface area contributed by atoms with Gasteiger partial charge in [0.1, 0.15) is 0 Å². The Balaban J connectivity index is 2.65. The Morgan fingerprint density at radius 1 is 1.36 bits per heavy atom. The highest BCUT2D eigenvalue weighted by Crippen LogP contribution is 2.26. The summed E-state index contributed by atoms with van der Waals surface area (Å²) in [4.78, 5) is 0. The first-order valence-corrected chi connectivity index (χ1v) is 4.39. The van der Waals surface area contributed by atoms with Gasteiger partial charge in [-0.3, -0.25) is 4.52 Å². The Morgan fingerprint density at radius 2 is 2.00 bits per heavy atom. The fourth-order valence-corrected chi connectivity index (χ4v) is 1.03. The highest BCUT2D eigenvalue weighted by atomic mass is 31.1. The Kier molecular flexibility index (Phi) is 2.82. The van der Waals surface area contributed by atoms with Crippen LogP contribution in [0.1, 0.15) is 0 Å². The molecule has 1 atom stereocenters. The molecular formula is C8H8O2P+. The molecule has 11 heavy (non-hydrogen) atoms. The van der Waals surface area contributed by atoms with E-state index in [0.29, 0.717) is 5.75 Å². The van der Waals surface area contributed by atoms with Gasteiger partial charge in [-0.05, 0) is 23.3 Å². The maximum atomic E-state index is 10.8. The summed E-state index contributed by atoms with van der Waals surface area (Å²) in [5.41, 5.74) is 0. The zero-order valence-electron chi connectivity index (χ0n) is 5.93. The molecule has 0 aliphatic heterocycles. The molecule has 0 aliphatic carbocycles. The maximum absolute atomic E-state index is 10.8. The summed E-state index contributed by atoms with van der Waals surface area (Å²) in [6.45, 7) is 3.35. The van der Waals surface area contributed by atoms with Crippen molar-refractivity contribution in [1.82, 2.24) is 0 Å². The lowest BCUT2D eigenvalue weighted by molar-refractivity contribution is 0.514. The average Bonchev–Trinajstić information content (AvgIpc) is 2.06. The van der Waals surface area contributed by atoms with Gasteiger partial charge in [0.2, 0.25) is 0 Å². The molecule has 1 unspecified atom stereocenters. The average molecular weight is 167 g/mol. The summed E-state index contributed by atoms with van der Waals surface area (Å²) in [5.74, 6) is 1.89. The van der Waals surface area contributed by atoms with Crippen molar-refractivity contribution in [2.75, 3.05) is 0 Å². The van der Waals surface area contributed by atoms with Crippen LogP contribution in [0.5, 0.6) is 5.75 Å². The molecule has 0 N–H and O–H groups in total. The molecule has 1 aromatic carbocycles. The van der Waals surface area contributed by atoms with Crippen molar-refractivity contribution in [2.24, 2.45) is 0 Å². The summed E-state index contributed by atoms with van der Waals surface area (Å²) < 4.78 is 15.7. The van der Waals surface area contributed by atoms with E-state index in [1.54, 1.807) is 12.1 Å². The first kappa shape index (κ1) is 7.96. The third-order valence-corrected chi connectivity index (χ3v) is 1.78. The monoisotopic (exact) mass is 167 g/mol. The third-order valence-electron chi connectivity index (χ3n) is 1.09. The van der Waals surface area contributed by atoms with Crippen LogP contribution in [0.3, 0.4) is 0 Å². The summed E-state index contributed by atoms with van der Waals surface area (Å²) in [6.07, 6.45) is 0. The van der Waals surface area contributed by atoms with Crippen molar-refractivity contribution in [2.45, 2.75) is 0 Å². The van der Waals surface area contributed by atoms with Gasteiger partial charge in [0.15, 0.2) is 11.6 Å². The molecule has 0 amide bonds. The quantitative estimate of drug-likeness (QED) is 0.647. The minimum absolute atomic E-state index is 0.605. The molecule has 0 aliphatic rings. The molecule has 56 valence electrons. The summed E-state index contributed by atoms with van der Waals surface area (Å²) in [5, 5.41) is 0. The molecular weight excluding hydrogens is 159 g/mol. The Bertz CT molecular complexity index is 256. The predicted molar refractivity (Wildman–Crippen MR) is 44.9 cm³/mol. The van der Waals surface area contributed by atoms with Crippen molar-refractivity contribution < 1.29 is 9.09 Å². The number of para-hydroxylation sites is 1. The number of hydrogen-bond acceptors (Lipinski definition) is 2. The van der Waals surface area contributed by atoms with Crippen molar-refractivity contribution >= 4 is 8.03 Å². The lowest BCUT2D eigenvalue weighted by Crippen LogP contribution is -1.76. The highest BCUT2D eigenvalue weighted by molar-refractivity contribution is 7.43. The molecule has 2 nitrogen and oxygen atoms in total. The molecule has 0 saturated carbocycles. The van der Waals surface area contributed by atoms with Crippen LogP contribution in [0.15, 0.2) is 42.7 Å². The van der Waals surface area contributed by atoms with Gasteiger partial charge in [-0.1, -0.05) is 18.2 Å². The standard InChI is InChI=1S/C8H8O2P/c1-2-11(9)10-8-6-4-3-5-7-8/h2-7H,1H2/q+1. The van der Waals surface area contributed by atoms with Gasteiger partial charge in [-0.2, -0.15) is 0 Å². The van der Waals surface area contributed by atoms with Crippen LogP contribution in [0.2, 0.25) is 0 Å². The van der Waals surface area contributed by atoms with E-state index in [9.17, 15) is 4.57 Å². The Hall–Kier alpha value is -1.14. The molecule has 0 saturated heterocycles. The molecule has 0 spiro atoms. The van der Waals surface area contributed by atoms with E-state index < -0.39 is 8.03 Å². The van der Waals surface area contributed by atoms with Crippen LogP contribution in [0.25, 0.3) is 0 Å².